The second-order valence-corrected chi connectivity index (χ2v) is 10.5. The van der Waals surface area contributed by atoms with E-state index in [2.05, 4.69) is 17.6 Å². The smallest absolute Gasteiger partial charge is 0.242 e. The summed E-state index contributed by atoms with van der Waals surface area (Å²) < 4.78 is 22.8. The summed E-state index contributed by atoms with van der Waals surface area (Å²) in [5.41, 5.74) is 1.86. The van der Waals surface area contributed by atoms with Crippen LogP contribution in [0, 0.1) is 11.8 Å². The van der Waals surface area contributed by atoms with E-state index in [1.54, 1.807) is 12.1 Å². The Kier molecular flexibility index (Phi) is 8.63. The van der Waals surface area contributed by atoms with E-state index in [1.807, 2.05) is 30.3 Å². The summed E-state index contributed by atoms with van der Waals surface area (Å²) in [6.07, 6.45) is 4.76. The monoisotopic (exact) mass is 471 g/mol. The molecule has 0 heterocycles. The van der Waals surface area contributed by atoms with Gasteiger partial charge in [0.1, 0.15) is 6.04 Å². The molecule has 7 nitrogen and oxygen atoms in total. The first-order valence-electron chi connectivity index (χ1n) is 11.5. The summed E-state index contributed by atoms with van der Waals surface area (Å²) in [5.74, 6) is 0.343. The number of rotatable bonds is 9. The molecule has 2 aromatic rings. The van der Waals surface area contributed by atoms with Gasteiger partial charge in [0.2, 0.25) is 21.8 Å². The standard InChI is InChI=1S/C25H33N3O4S/c1-18-7-11-21(12-8-18)24(29)28-23(17-20-5-3-2-4-6-20)25(30)27-16-15-19-9-13-22(14-10-19)33(26,31)32/h2-6,9-10,13-14,18,21,23H,7-8,11-12,15-17H2,1H3,(H,27,30)(H,28,29)(H2,26,31,32)/t18?,21?,23-/m1/s1. The van der Waals surface area contributed by atoms with Gasteiger partial charge in [0.15, 0.2) is 0 Å². The Labute approximate surface area is 196 Å². The molecule has 1 aliphatic carbocycles. The van der Waals surface area contributed by atoms with E-state index in [4.69, 9.17) is 5.14 Å². The van der Waals surface area contributed by atoms with Gasteiger partial charge >= 0.3 is 0 Å². The molecular weight excluding hydrogens is 438 g/mol. The van der Waals surface area contributed by atoms with E-state index in [1.165, 1.54) is 12.1 Å². The van der Waals surface area contributed by atoms with Gasteiger partial charge in [-0.05, 0) is 61.3 Å². The number of carbonyl (C=O) groups excluding carboxylic acids is 2. The lowest BCUT2D eigenvalue weighted by Gasteiger charge is -2.27. The van der Waals surface area contributed by atoms with Crippen LogP contribution in [0.2, 0.25) is 0 Å². The number of nitrogens with one attached hydrogen (secondary N) is 2. The van der Waals surface area contributed by atoms with Crippen LogP contribution in [-0.2, 0) is 32.5 Å². The Morgan fingerprint density at radius 3 is 2.21 bits per heavy atom. The predicted molar refractivity (Wildman–Crippen MR) is 128 cm³/mol. The molecule has 0 aliphatic heterocycles. The average Bonchev–Trinajstić information content (AvgIpc) is 2.79. The molecule has 0 radical (unpaired) electrons. The quantitative estimate of drug-likeness (QED) is 0.521. The zero-order valence-electron chi connectivity index (χ0n) is 19.0. The lowest BCUT2D eigenvalue weighted by molar-refractivity contribution is -0.131. The molecule has 1 fully saturated rings. The van der Waals surface area contributed by atoms with Gasteiger partial charge in [0.25, 0.3) is 0 Å². The van der Waals surface area contributed by atoms with Crippen LogP contribution in [0.4, 0.5) is 0 Å². The fraction of sp³-hybridized carbons (Fsp3) is 0.440. The Bertz CT molecular complexity index is 1030. The van der Waals surface area contributed by atoms with Crippen LogP contribution in [0.25, 0.3) is 0 Å². The lowest BCUT2D eigenvalue weighted by atomic mass is 9.82. The van der Waals surface area contributed by atoms with Crippen LogP contribution in [0.3, 0.4) is 0 Å². The molecule has 1 saturated carbocycles. The third-order valence-electron chi connectivity index (χ3n) is 6.27. The molecular formula is C25H33N3O4S. The highest BCUT2D eigenvalue weighted by molar-refractivity contribution is 7.89. The average molecular weight is 472 g/mol. The normalized spacial score (nSPS) is 19.5. The minimum Gasteiger partial charge on any atom is -0.354 e. The Morgan fingerprint density at radius 2 is 1.61 bits per heavy atom. The van der Waals surface area contributed by atoms with Gasteiger partial charge in [-0.2, -0.15) is 0 Å². The number of amides is 2. The van der Waals surface area contributed by atoms with Gasteiger partial charge in [-0.25, -0.2) is 13.6 Å². The number of sulfonamides is 1. The van der Waals surface area contributed by atoms with Crippen molar-refractivity contribution in [3.63, 3.8) is 0 Å². The molecule has 0 aromatic heterocycles. The van der Waals surface area contributed by atoms with E-state index >= 15 is 0 Å². The number of benzene rings is 2. The van der Waals surface area contributed by atoms with Crippen LogP contribution >= 0.6 is 0 Å². The molecule has 33 heavy (non-hydrogen) atoms. The van der Waals surface area contributed by atoms with E-state index < -0.39 is 16.1 Å². The molecule has 2 aromatic carbocycles. The van der Waals surface area contributed by atoms with Crippen molar-refractivity contribution < 1.29 is 18.0 Å². The number of carbonyl (C=O) groups is 2. The predicted octanol–water partition coefficient (Wildman–Crippen LogP) is 2.55. The Morgan fingerprint density at radius 1 is 0.970 bits per heavy atom. The van der Waals surface area contributed by atoms with Gasteiger partial charge in [-0.15, -0.1) is 0 Å². The van der Waals surface area contributed by atoms with Crippen LogP contribution in [0.15, 0.2) is 59.5 Å². The van der Waals surface area contributed by atoms with Crippen molar-refractivity contribution in [2.45, 2.75) is 56.4 Å². The van der Waals surface area contributed by atoms with E-state index in [-0.39, 0.29) is 22.6 Å². The van der Waals surface area contributed by atoms with Crippen molar-refractivity contribution in [2.24, 2.45) is 17.0 Å². The minimum atomic E-state index is -3.73. The summed E-state index contributed by atoms with van der Waals surface area (Å²) in [4.78, 5) is 25.9. The van der Waals surface area contributed by atoms with Gasteiger partial charge in [-0.1, -0.05) is 49.4 Å². The Hall–Kier alpha value is -2.71. The number of hydrogen-bond acceptors (Lipinski definition) is 4. The maximum atomic E-state index is 13.0. The fourth-order valence-corrected chi connectivity index (χ4v) is 4.69. The fourth-order valence-electron chi connectivity index (χ4n) is 4.17. The number of primary sulfonamides is 1. The highest BCUT2D eigenvalue weighted by Gasteiger charge is 2.28. The minimum absolute atomic E-state index is 0.0374. The molecule has 3 rings (SSSR count). The largest absolute Gasteiger partial charge is 0.354 e. The van der Waals surface area contributed by atoms with Crippen molar-refractivity contribution in [3.05, 3.63) is 65.7 Å². The topological polar surface area (TPSA) is 118 Å². The van der Waals surface area contributed by atoms with Crippen LogP contribution in [0.5, 0.6) is 0 Å². The van der Waals surface area contributed by atoms with Crippen molar-refractivity contribution in [3.8, 4) is 0 Å². The maximum Gasteiger partial charge on any atom is 0.242 e. The highest BCUT2D eigenvalue weighted by atomic mass is 32.2. The molecule has 4 N–H and O–H groups in total. The summed E-state index contributed by atoms with van der Waals surface area (Å²) in [6.45, 7) is 2.58. The van der Waals surface area contributed by atoms with Gasteiger partial charge in [0.05, 0.1) is 4.90 Å². The van der Waals surface area contributed by atoms with E-state index in [0.29, 0.717) is 25.3 Å². The summed E-state index contributed by atoms with van der Waals surface area (Å²) in [7, 11) is -3.73. The summed E-state index contributed by atoms with van der Waals surface area (Å²) in [6, 6.07) is 15.3. The van der Waals surface area contributed by atoms with E-state index in [0.717, 1.165) is 36.8 Å². The van der Waals surface area contributed by atoms with Crippen molar-refractivity contribution in [2.75, 3.05) is 6.54 Å². The molecule has 1 aliphatic rings. The second kappa shape index (κ2) is 11.4. The zero-order chi connectivity index (χ0) is 23.8. The molecule has 8 heteroatoms. The molecule has 0 spiro atoms. The number of hydrogen-bond donors (Lipinski definition) is 3. The first kappa shape index (κ1) is 24.9. The van der Waals surface area contributed by atoms with Crippen LogP contribution < -0.4 is 15.8 Å². The second-order valence-electron chi connectivity index (χ2n) is 8.94. The zero-order valence-corrected chi connectivity index (χ0v) is 19.8. The molecule has 178 valence electrons. The first-order valence-corrected chi connectivity index (χ1v) is 13.0. The van der Waals surface area contributed by atoms with Gasteiger partial charge in [0, 0.05) is 18.9 Å². The van der Waals surface area contributed by atoms with Crippen molar-refractivity contribution in [1.29, 1.82) is 0 Å². The highest BCUT2D eigenvalue weighted by Crippen LogP contribution is 2.28. The molecule has 0 saturated heterocycles. The van der Waals surface area contributed by atoms with E-state index in [9.17, 15) is 18.0 Å². The first-order chi connectivity index (χ1) is 15.7. The van der Waals surface area contributed by atoms with Gasteiger partial charge in [-0.3, -0.25) is 9.59 Å². The third kappa shape index (κ3) is 7.68. The Balaban J connectivity index is 1.59. The lowest BCUT2D eigenvalue weighted by Crippen LogP contribution is -2.50. The van der Waals surface area contributed by atoms with Crippen molar-refractivity contribution >= 4 is 21.8 Å². The third-order valence-corrected chi connectivity index (χ3v) is 7.20. The SMILES string of the molecule is CC1CCC(C(=O)N[C@H](Cc2ccccc2)C(=O)NCCc2ccc(S(N)(=O)=O)cc2)CC1. The molecule has 0 bridgehead atoms. The molecule has 1 atom stereocenters. The van der Waals surface area contributed by atoms with Crippen LogP contribution in [-0.4, -0.2) is 32.8 Å². The van der Waals surface area contributed by atoms with Crippen LogP contribution in [0.1, 0.15) is 43.7 Å². The van der Waals surface area contributed by atoms with Crippen molar-refractivity contribution in [1.82, 2.24) is 10.6 Å². The number of nitrogens with two attached hydrogens (primary N) is 1. The van der Waals surface area contributed by atoms with Gasteiger partial charge < -0.3 is 10.6 Å². The summed E-state index contributed by atoms with van der Waals surface area (Å²) in [5, 5.41) is 11.0. The maximum absolute atomic E-state index is 13.0. The summed E-state index contributed by atoms with van der Waals surface area (Å²) >= 11 is 0. The molecule has 0 unspecified atom stereocenters. The molecule has 2 amide bonds.